The van der Waals surface area contributed by atoms with Gasteiger partial charge in [0, 0.05) is 39.8 Å². The third kappa shape index (κ3) is 2.13. The minimum atomic E-state index is -0.141. The summed E-state index contributed by atoms with van der Waals surface area (Å²) >= 11 is 0. The van der Waals surface area contributed by atoms with Crippen LogP contribution in [0.15, 0.2) is 11.8 Å². The van der Waals surface area contributed by atoms with E-state index >= 15 is 0 Å². The van der Waals surface area contributed by atoms with Gasteiger partial charge in [0.2, 0.25) is 0 Å². The van der Waals surface area contributed by atoms with E-state index in [1.54, 1.807) is 30.1 Å². The average Bonchev–Trinajstić information content (AvgIpc) is 2.12. The van der Waals surface area contributed by atoms with Crippen LogP contribution in [0.4, 0.5) is 0 Å². The molecule has 0 atom stereocenters. The molecule has 0 aromatic heterocycles. The van der Waals surface area contributed by atoms with E-state index in [0.29, 0.717) is 25.1 Å². The second kappa shape index (κ2) is 4.26. The molecule has 14 heavy (non-hydrogen) atoms. The van der Waals surface area contributed by atoms with Gasteiger partial charge in [0.1, 0.15) is 0 Å². The standard InChI is InChI=1S/C10H16N2O2/c1-4-12-6-5-9(13)8(10(12)14)7-11(2)3/h7H,4-6H2,1-3H3/b8-7+. The fourth-order valence-electron chi connectivity index (χ4n) is 1.45. The largest absolute Gasteiger partial charge is 0.383 e. The second-order valence-electron chi connectivity index (χ2n) is 3.56. The molecule has 1 heterocycles. The van der Waals surface area contributed by atoms with Crippen molar-refractivity contribution in [1.29, 1.82) is 0 Å². The second-order valence-corrected chi connectivity index (χ2v) is 3.56. The summed E-state index contributed by atoms with van der Waals surface area (Å²) in [5.74, 6) is -0.189. The average molecular weight is 196 g/mol. The van der Waals surface area contributed by atoms with Gasteiger partial charge >= 0.3 is 0 Å². The van der Waals surface area contributed by atoms with Crippen molar-refractivity contribution in [3.05, 3.63) is 11.8 Å². The van der Waals surface area contributed by atoms with Crippen molar-refractivity contribution in [3.8, 4) is 0 Å². The van der Waals surface area contributed by atoms with Crippen molar-refractivity contribution in [1.82, 2.24) is 9.80 Å². The summed E-state index contributed by atoms with van der Waals surface area (Å²) in [6.07, 6.45) is 2.05. The quantitative estimate of drug-likeness (QED) is 0.469. The number of rotatable bonds is 2. The highest BCUT2D eigenvalue weighted by molar-refractivity contribution is 6.20. The number of amides is 1. The van der Waals surface area contributed by atoms with E-state index in [2.05, 4.69) is 0 Å². The summed E-state index contributed by atoms with van der Waals surface area (Å²) in [7, 11) is 3.61. The molecule has 4 heteroatoms. The van der Waals surface area contributed by atoms with Crippen LogP contribution in [-0.2, 0) is 9.59 Å². The van der Waals surface area contributed by atoms with Gasteiger partial charge in [-0.25, -0.2) is 0 Å². The third-order valence-corrected chi connectivity index (χ3v) is 2.20. The van der Waals surface area contributed by atoms with Crippen LogP contribution >= 0.6 is 0 Å². The fourth-order valence-corrected chi connectivity index (χ4v) is 1.45. The molecule has 0 unspecified atom stereocenters. The van der Waals surface area contributed by atoms with E-state index in [1.807, 2.05) is 6.92 Å². The SMILES string of the molecule is CCN1CCC(=O)/C(=C\N(C)C)C1=O. The van der Waals surface area contributed by atoms with Crippen molar-refractivity contribution in [2.24, 2.45) is 0 Å². The lowest BCUT2D eigenvalue weighted by Crippen LogP contribution is -2.41. The Labute approximate surface area is 84.2 Å². The number of hydrogen-bond acceptors (Lipinski definition) is 3. The van der Waals surface area contributed by atoms with Crippen molar-refractivity contribution in [3.63, 3.8) is 0 Å². The van der Waals surface area contributed by atoms with E-state index in [1.165, 1.54) is 0 Å². The third-order valence-electron chi connectivity index (χ3n) is 2.20. The van der Waals surface area contributed by atoms with E-state index < -0.39 is 0 Å². The van der Waals surface area contributed by atoms with E-state index in [9.17, 15) is 9.59 Å². The zero-order valence-corrected chi connectivity index (χ0v) is 8.91. The number of Topliss-reactive ketones (excluding diaryl/α,β-unsaturated/α-hetero) is 1. The van der Waals surface area contributed by atoms with E-state index in [4.69, 9.17) is 0 Å². The molecule has 0 aromatic rings. The van der Waals surface area contributed by atoms with Crippen LogP contribution in [0.3, 0.4) is 0 Å². The molecule has 1 aliphatic rings. The Kier molecular flexibility index (Phi) is 3.28. The Morgan fingerprint density at radius 2 is 2.07 bits per heavy atom. The van der Waals surface area contributed by atoms with Crippen LogP contribution in [0.2, 0.25) is 0 Å². The first kappa shape index (κ1) is 10.8. The van der Waals surface area contributed by atoms with Crippen LogP contribution in [0.25, 0.3) is 0 Å². The van der Waals surface area contributed by atoms with Gasteiger partial charge in [-0.1, -0.05) is 0 Å². The molecular formula is C10H16N2O2. The molecule has 1 aliphatic heterocycles. The molecular weight excluding hydrogens is 180 g/mol. The first-order chi connectivity index (χ1) is 6.56. The fraction of sp³-hybridized carbons (Fsp3) is 0.600. The Hall–Kier alpha value is -1.32. The summed E-state index contributed by atoms with van der Waals surface area (Å²) in [6.45, 7) is 3.14. The van der Waals surface area contributed by atoms with Gasteiger partial charge in [0.15, 0.2) is 5.78 Å². The predicted molar refractivity (Wildman–Crippen MR) is 53.6 cm³/mol. The molecule has 1 amide bonds. The highest BCUT2D eigenvalue weighted by Gasteiger charge is 2.28. The van der Waals surface area contributed by atoms with E-state index in [-0.39, 0.29) is 11.7 Å². The minimum Gasteiger partial charge on any atom is -0.383 e. The highest BCUT2D eigenvalue weighted by atomic mass is 16.2. The number of hydrogen-bond donors (Lipinski definition) is 0. The molecule has 0 saturated carbocycles. The zero-order valence-electron chi connectivity index (χ0n) is 8.91. The molecule has 0 radical (unpaired) electrons. The minimum absolute atomic E-state index is 0.0478. The molecule has 78 valence electrons. The van der Waals surface area contributed by atoms with Gasteiger partial charge in [-0.3, -0.25) is 9.59 Å². The molecule has 0 aliphatic carbocycles. The lowest BCUT2D eigenvalue weighted by Gasteiger charge is -2.26. The molecule has 0 spiro atoms. The summed E-state index contributed by atoms with van der Waals surface area (Å²) in [6, 6.07) is 0. The number of likely N-dealkylation sites (N-methyl/N-ethyl adjacent to an activating group) is 1. The van der Waals surface area contributed by atoms with Crippen LogP contribution < -0.4 is 0 Å². The number of nitrogens with zero attached hydrogens (tertiary/aromatic N) is 2. The number of carbonyl (C=O) groups is 2. The maximum atomic E-state index is 11.7. The maximum Gasteiger partial charge on any atom is 0.258 e. The van der Waals surface area contributed by atoms with Crippen molar-refractivity contribution in [2.75, 3.05) is 27.2 Å². The van der Waals surface area contributed by atoms with Gasteiger partial charge in [0.25, 0.3) is 5.91 Å². The lowest BCUT2D eigenvalue weighted by molar-refractivity contribution is -0.133. The number of ketones is 1. The number of carbonyl (C=O) groups excluding carboxylic acids is 2. The highest BCUT2D eigenvalue weighted by Crippen LogP contribution is 2.13. The van der Waals surface area contributed by atoms with Crippen molar-refractivity contribution >= 4 is 11.7 Å². The van der Waals surface area contributed by atoms with E-state index in [0.717, 1.165) is 0 Å². The van der Waals surface area contributed by atoms with Crippen LogP contribution in [0.5, 0.6) is 0 Å². The van der Waals surface area contributed by atoms with Crippen LogP contribution in [0, 0.1) is 0 Å². The molecule has 1 saturated heterocycles. The summed E-state index contributed by atoms with van der Waals surface area (Å²) in [4.78, 5) is 26.6. The summed E-state index contributed by atoms with van der Waals surface area (Å²) < 4.78 is 0. The zero-order chi connectivity index (χ0) is 10.7. The Bertz CT molecular complexity index is 282. The van der Waals surface area contributed by atoms with Gasteiger partial charge in [0.05, 0.1) is 5.57 Å². The smallest absolute Gasteiger partial charge is 0.258 e. The Morgan fingerprint density at radius 3 is 2.57 bits per heavy atom. The summed E-state index contributed by atoms with van der Waals surface area (Å²) in [5, 5.41) is 0. The Balaban J connectivity index is 2.90. The van der Waals surface area contributed by atoms with Gasteiger partial charge in [-0.15, -0.1) is 0 Å². The molecule has 0 aromatic carbocycles. The number of piperidine rings is 1. The van der Waals surface area contributed by atoms with Crippen LogP contribution in [0.1, 0.15) is 13.3 Å². The predicted octanol–water partition coefficient (Wildman–Crippen LogP) is 0.253. The summed E-state index contributed by atoms with van der Waals surface area (Å²) in [5.41, 5.74) is 0.308. The first-order valence-corrected chi connectivity index (χ1v) is 4.77. The van der Waals surface area contributed by atoms with Gasteiger partial charge in [-0.2, -0.15) is 0 Å². The molecule has 1 fully saturated rings. The number of likely N-dealkylation sites (tertiary alicyclic amines) is 1. The topological polar surface area (TPSA) is 40.6 Å². The van der Waals surface area contributed by atoms with Gasteiger partial charge < -0.3 is 9.80 Å². The molecule has 1 rings (SSSR count). The van der Waals surface area contributed by atoms with Crippen molar-refractivity contribution < 1.29 is 9.59 Å². The maximum absolute atomic E-state index is 11.7. The van der Waals surface area contributed by atoms with Crippen LogP contribution in [-0.4, -0.2) is 48.7 Å². The first-order valence-electron chi connectivity index (χ1n) is 4.77. The Morgan fingerprint density at radius 1 is 1.43 bits per heavy atom. The normalized spacial score (nSPS) is 20.5. The lowest BCUT2D eigenvalue weighted by atomic mass is 10.0. The van der Waals surface area contributed by atoms with Gasteiger partial charge in [-0.05, 0) is 6.92 Å². The molecule has 4 nitrogen and oxygen atoms in total. The molecule has 0 N–H and O–H groups in total. The molecule has 0 bridgehead atoms. The monoisotopic (exact) mass is 196 g/mol. The van der Waals surface area contributed by atoms with Crippen molar-refractivity contribution in [2.45, 2.75) is 13.3 Å².